The van der Waals surface area contributed by atoms with Gasteiger partial charge in [0.2, 0.25) is 15.9 Å². The molecule has 0 aliphatic carbocycles. The molecule has 1 aliphatic heterocycles. The van der Waals surface area contributed by atoms with Gasteiger partial charge >= 0.3 is 0 Å². The Morgan fingerprint density at radius 1 is 1.50 bits per heavy atom. The third-order valence-corrected chi connectivity index (χ3v) is 4.25. The van der Waals surface area contributed by atoms with Crippen molar-refractivity contribution < 1.29 is 13.2 Å². The summed E-state index contributed by atoms with van der Waals surface area (Å²) >= 11 is 0. The van der Waals surface area contributed by atoms with Crippen molar-refractivity contribution in [1.29, 1.82) is 0 Å². The van der Waals surface area contributed by atoms with Crippen LogP contribution in [0.2, 0.25) is 0 Å². The van der Waals surface area contributed by atoms with Crippen molar-refractivity contribution in [3.63, 3.8) is 0 Å². The number of carbonyl (C=O) groups excluding carboxylic acids is 1. The van der Waals surface area contributed by atoms with Crippen molar-refractivity contribution in [2.24, 2.45) is 11.7 Å². The Kier molecular flexibility index (Phi) is 6.91. The first kappa shape index (κ1) is 17.4. The number of hydrogen-bond acceptors (Lipinski definition) is 4. The average Bonchev–Trinajstić information content (AvgIpc) is 2.35. The lowest BCUT2D eigenvalue weighted by molar-refractivity contribution is -0.133. The van der Waals surface area contributed by atoms with Gasteiger partial charge < -0.3 is 10.6 Å². The van der Waals surface area contributed by atoms with Crippen LogP contribution in [0.4, 0.5) is 0 Å². The third kappa shape index (κ3) is 7.21. The Morgan fingerprint density at radius 2 is 2.20 bits per heavy atom. The maximum Gasteiger partial charge on any atom is 0.222 e. The van der Waals surface area contributed by atoms with E-state index >= 15 is 0 Å². The smallest absolute Gasteiger partial charge is 0.222 e. The Hall–Kier alpha value is -0.660. The Morgan fingerprint density at radius 3 is 2.80 bits per heavy atom. The quantitative estimate of drug-likeness (QED) is 0.707. The largest absolute Gasteiger partial charge is 0.342 e. The minimum absolute atomic E-state index is 0.135. The molecular formula is C13H27N3O3S. The topological polar surface area (TPSA) is 92.5 Å². The van der Waals surface area contributed by atoms with Crippen LogP contribution in [0.1, 0.15) is 39.0 Å². The highest BCUT2D eigenvalue weighted by Gasteiger charge is 2.23. The van der Waals surface area contributed by atoms with Crippen LogP contribution >= 0.6 is 0 Å². The molecule has 2 atom stereocenters. The van der Waals surface area contributed by atoms with Crippen molar-refractivity contribution >= 4 is 15.9 Å². The van der Waals surface area contributed by atoms with Gasteiger partial charge in [0.25, 0.3) is 0 Å². The number of sulfonamides is 1. The maximum atomic E-state index is 12.1. The van der Waals surface area contributed by atoms with Crippen molar-refractivity contribution in [2.45, 2.75) is 45.1 Å². The van der Waals surface area contributed by atoms with E-state index in [2.05, 4.69) is 4.72 Å². The van der Waals surface area contributed by atoms with Crippen molar-refractivity contribution in [2.75, 3.05) is 25.9 Å². The number of piperidine rings is 1. The van der Waals surface area contributed by atoms with E-state index in [0.29, 0.717) is 19.5 Å². The Bertz CT molecular complexity index is 409. The molecule has 1 rings (SSSR count). The molecule has 1 fully saturated rings. The zero-order chi connectivity index (χ0) is 15.2. The van der Waals surface area contributed by atoms with Gasteiger partial charge in [0.15, 0.2) is 0 Å². The number of amides is 1. The Balaban J connectivity index is 2.34. The minimum Gasteiger partial charge on any atom is -0.342 e. The Labute approximate surface area is 122 Å². The van der Waals surface area contributed by atoms with Gasteiger partial charge in [-0.2, -0.15) is 0 Å². The van der Waals surface area contributed by atoms with Gasteiger partial charge in [-0.3, -0.25) is 4.79 Å². The number of nitrogens with one attached hydrogen (secondary N) is 1. The average molecular weight is 305 g/mol. The second-order valence-corrected chi connectivity index (χ2v) is 7.67. The molecule has 6 nitrogen and oxygen atoms in total. The second-order valence-electron chi connectivity index (χ2n) is 5.84. The summed E-state index contributed by atoms with van der Waals surface area (Å²) in [5.74, 6) is 0.380. The second kappa shape index (κ2) is 7.95. The van der Waals surface area contributed by atoms with Gasteiger partial charge in [0.05, 0.1) is 6.26 Å². The molecule has 118 valence electrons. The van der Waals surface area contributed by atoms with E-state index in [4.69, 9.17) is 5.73 Å². The molecule has 1 saturated heterocycles. The summed E-state index contributed by atoms with van der Waals surface area (Å²) in [4.78, 5) is 13.9. The number of carbonyl (C=O) groups is 1. The lowest BCUT2D eigenvalue weighted by Crippen LogP contribution is -2.43. The number of hydrogen-bond donors (Lipinski definition) is 2. The van der Waals surface area contributed by atoms with Crippen molar-refractivity contribution in [3.05, 3.63) is 0 Å². The number of rotatable bonds is 7. The number of nitrogens with two attached hydrogens (primary N) is 1. The summed E-state index contributed by atoms with van der Waals surface area (Å²) in [6.07, 6.45) is 5.28. The molecule has 0 aromatic carbocycles. The zero-order valence-corrected chi connectivity index (χ0v) is 13.3. The molecule has 1 heterocycles. The monoisotopic (exact) mass is 305 g/mol. The number of likely N-dealkylation sites (tertiary alicyclic amines) is 1. The molecule has 0 spiro atoms. The molecule has 0 bridgehead atoms. The van der Waals surface area contributed by atoms with E-state index in [1.165, 1.54) is 0 Å². The summed E-state index contributed by atoms with van der Waals surface area (Å²) in [5.41, 5.74) is 5.67. The molecule has 2 unspecified atom stereocenters. The summed E-state index contributed by atoms with van der Waals surface area (Å²) in [6.45, 7) is 3.80. The van der Waals surface area contributed by atoms with Gasteiger partial charge in [-0.15, -0.1) is 0 Å². The molecule has 3 N–H and O–H groups in total. The normalized spacial score (nSPS) is 21.8. The van der Waals surface area contributed by atoms with E-state index in [9.17, 15) is 13.2 Å². The first-order valence-corrected chi connectivity index (χ1v) is 9.15. The molecule has 1 aliphatic rings. The van der Waals surface area contributed by atoms with Crippen LogP contribution in [0.25, 0.3) is 0 Å². The van der Waals surface area contributed by atoms with Gasteiger partial charge in [-0.1, -0.05) is 0 Å². The fraction of sp³-hybridized carbons (Fsp3) is 0.923. The molecule has 0 aromatic heterocycles. The van der Waals surface area contributed by atoms with Crippen molar-refractivity contribution in [1.82, 2.24) is 9.62 Å². The van der Waals surface area contributed by atoms with E-state index in [1.54, 1.807) is 0 Å². The van der Waals surface area contributed by atoms with Crippen molar-refractivity contribution in [3.8, 4) is 0 Å². The summed E-state index contributed by atoms with van der Waals surface area (Å²) in [5, 5.41) is 0. The van der Waals surface area contributed by atoms with Gasteiger partial charge in [-0.25, -0.2) is 13.1 Å². The van der Waals surface area contributed by atoms with E-state index in [0.717, 1.165) is 38.5 Å². The van der Waals surface area contributed by atoms with Crippen LogP contribution in [-0.4, -0.2) is 51.2 Å². The minimum atomic E-state index is -3.15. The highest BCUT2D eigenvalue weighted by Crippen LogP contribution is 2.17. The van der Waals surface area contributed by atoms with E-state index in [-0.39, 0.29) is 17.9 Å². The molecular weight excluding hydrogens is 278 g/mol. The fourth-order valence-electron chi connectivity index (χ4n) is 2.46. The maximum absolute atomic E-state index is 12.1. The lowest BCUT2D eigenvalue weighted by atomic mass is 9.98. The van der Waals surface area contributed by atoms with Gasteiger partial charge in [0.1, 0.15) is 0 Å². The molecule has 0 radical (unpaired) electrons. The van der Waals surface area contributed by atoms with Crippen LogP contribution in [0.3, 0.4) is 0 Å². The SMILES string of the molecule is CC(N)CCCC(=O)N1CCCC(CNS(C)(=O)=O)C1. The summed E-state index contributed by atoms with van der Waals surface area (Å²) in [6, 6.07) is 0.135. The van der Waals surface area contributed by atoms with E-state index in [1.807, 2.05) is 11.8 Å². The molecule has 0 aromatic rings. The van der Waals surface area contributed by atoms with Gasteiger partial charge in [0, 0.05) is 32.1 Å². The molecule has 20 heavy (non-hydrogen) atoms. The van der Waals surface area contributed by atoms with Crippen LogP contribution in [0.5, 0.6) is 0 Å². The first-order valence-electron chi connectivity index (χ1n) is 7.26. The zero-order valence-electron chi connectivity index (χ0n) is 12.5. The van der Waals surface area contributed by atoms with Gasteiger partial charge in [-0.05, 0) is 38.5 Å². The first-order chi connectivity index (χ1) is 9.28. The fourth-order valence-corrected chi connectivity index (χ4v) is 3.00. The van der Waals surface area contributed by atoms with Crippen LogP contribution < -0.4 is 10.5 Å². The predicted octanol–water partition coefficient (Wildman–Crippen LogP) is 0.292. The number of nitrogens with zero attached hydrogens (tertiary/aromatic N) is 1. The highest BCUT2D eigenvalue weighted by molar-refractivity contribution is 7.88. The predicted molar refractivity (Wildman–Crippen MR) is 79.7 cm³/mol. The summed E-state index contributed by atoms with van der Waals surface area (Å²) < 4.78 is 24.7. The summed E-state index contributed by atoms with van der Waals surface area (Å²) in [7, 11) is -3.15. The molecule has 0 saturated carbocycles. The van der Waals surface area contributed by atoms with Crippen LogP contribution in [0, 0.1) is 5.92 Å². The molecule has 1 amide bonds. The molecule has 7 heteroatoms. The standard InChI is InChI=1S/C13H27N3O3S/c1-11(14)5-3-7-13(17)16-8-4-6-12(10-16)9-15-20(2,18)19/h11-12,15H,3-10,14H2,1-2H3. The van der Waals surface area contributed by atoms with Crippen LogP contribution in [-0.2, 0) is 14.8 Å². The lowest BCUT2D eigenvalue weighted by Gasteiger charge is -2.33. The highest BCUT2D eigenvalue weighted by atomic mass is 32.2. The van der Waals surface area contributed by atoms with Crippen LogP contribution in [0.15, 0.2) is 0 Å². The third-order valence-electron chi connectivity index (χ3n) is 3.56. The van der Waals surface area contributed by atoms with E-state index < -0.39 is 10.0 Å².